The number of carbonyl (C=O) groups excluding carboxylic acids is 1. The number of aromatic nitrogens is 1. The lowest BCUT2D eigenvalue weighted by Gasteiger charge is -2.33. The van der Waals surface area contributed by atoms with Gasteiger partial charge in [0.25, 0.3) is 10.9 Å². The summed E-state index contributed by atoms with van der Waals surface area (Å²) in [5.41, 5.74) is 0.0623. The molecule has 1 aliphatic rings. The monoisotopic (exact) mass is 393 g/mol. The Bertz CT molecular complexity index is 845. The molecule has 8 nitrogen and oxygen atoms in total. The first-order valence-electron chi connectivity index (χ1n) is 8.87. The third-order valence-electron chi connectivity index (χ3n) is 4.18. The van der Waals surface area contributed by atoms with Crippen molar-refractivity contribution in [3.8, 4) is 5.19 Å². The number of carbonyl (C=O) groups is 1. The topological polar surface area (TPSA) is 94.8 Å². The van der Waals surface area contributed by atoms with Crippen molar-refractivity contribution in [3.63, 3.8) is 0 Å². The van der Waals surface area contributed by atoms with E-state index in [0.29, 0.717) is 30.4 Å². The van der Waals surface area contributed by atoms with Crippen LogP contribution in [0.3, 0.4) is 0 Å². The summed E-state index contributed by atoms with van der Waals surface area (Å²) in [6, 6.07) is 4.59. The zero-order valence-corrected chi connectivity index (χ0v) is 16.5. The fourth-order valence-electron chi connectivity index (χ4n) is 2.95. The van der Waals surface area contributed by atoms with Crippen LogP contribution in [0, 0.1) is 16.0 Å². The summed E-state index contributed by atoms with van der Waals surface area (Å²) in [4.78, 5) is 28.7. The number of piperidine rings is 1. The third-order valence-corrected chi connectivity index (χ3v) is 5.12. The minimum Gasteiger partial charge on any atom is -0.470 e. The number of nitrogens with zero attached hydrogens (tertiary/aromatic N) is 3. The number of non-ortho nitro benzene ring substituents is 1. The maximum Gasteiger partial charge on any atom is 0.410 e. The number of hydrogen-bond acceptors (Lipinski definition) is 7. The zero-order chi connectivity index (χ0) is 19.6. The van der Waals surface area contributed by atoms with Gasteiger partial charge in [0.05, 0.1) is 21.7 Å². The third kappa shape index (κ3) is 5.06. The van der Waals surface area contributed by atoms with Crippen LogP contribution in [-0.2, 0) is 4.74 Å². The van der Waals surface area contributed by atoms with Gasteiger partial charge < -0.3 is 14.4 Å². The van der Waals surface area contributed by atoms with E-state index in [0.717, 1.165) is 17.5 Å². The molecule has 0 spiro atoms. The first-order valence-corrected chi connectivity index (χ1v) is 9.68. The van der Waals surface area contributed by atoms with Crippen molar-refractivity contribution >= 4 is 33.3 Å². The van der Waals surface area contributed by atoms with Crippen LogP contribution in [0.25, 0.3) is 10.2 Å². The predicted molar refractivity (Wildman–Crippen MR) is 102 cm³/mol. The van der Waals surface area contributed by atoms with Crippen LogP contribution in [0.4, 0.5) is 10.5 Å². The fraction of sp³-hybridized carbons (Fsp3) is 0.556. The van der Waals surface area contributed by atoms with E-state index in [1.807, 2.05) is 20.8 Å². The van der Waals surface area contributed by atoms with E-state index in [1.165, 1.54) is 23.5 Å². The molecule has 1 atom stereocenters. The SMILES string of the molecule is CC(C)(C)OC(=O)N1CCC[C@H](COc2nc3cc([N+](=O)[O-])ccc3s2)C1. The Kier molecular flexibility index (Phi) is 5.50. The summed E-state index contributed by atoms with van der Waals surface area (Å²) in [6.07, 6.45) is 1.58. The van der Waals surface area contributed by atoms with E-state index in [1.54, 1.807) is 11.0 Å². The quantitative estimate of drug-likeness (QED) is 0.570. The van der Waals surface area contributed by atoms with Gasteiger partial charge in [-0.15, -0.1) is 0 Å². The molecule has 2 aromatic rings. The highest BCUT2D eigenvalue weighted by Crippen LogP contribution is 2.31. The molecule has 0 bridgehead atoms. The molecular weight excluding hydrogens is 370 g/mol. The minimum absolute atomic E-state index is 0.0135. The number of ether oxygens (including phenoxy) is 2. The maximum atomic E-state index is 12.2. The molecule has 0 saturated carbocycles. The van der Waals surface area contributed by atoms with Crippen LogP contribution in [-0.4, -0.2) is 46.2 Å². The van der Waals surface area contributed by atoms with Gasteiger partial charge in [-0.3, -0.25) is 10.1 Å². The number of nitro benzene ring substituents is 1. The van der Waals surface area contributed by atoms with E-state index in [2.05, 4.69) is 4.98 Å². The van der Waals surface area contributed by atoms with Crippen molar-refractivity contribution in [2.24, 2.45) is 5.92 Å². The smallest absolute Gasteiger partial charge is 0.410 e. The van der Waals surface area contributed by atoms with E-state index in [9.17, 15) is 14.9 Å². The van der Waals surface area contributed by atoms with E-state index < -0.39 is 10.5 Å². The average Bonchev–Trinajstić information content (AvgIpc) is 3.00. The highest BCUT2D eigenvalue weighted by molar-refractivity contribution is 7.20. The molecule has 27 heavy (non-hydrogen) atoms. The summed E-state index contributed by atoms with van der Waals surface area (Å²) in [5.74, 6) is 0.201. The molecule has 0 radical (unpaired) electrons. The second kappa shape index (κ2) is 7.67. The average molecular weight is 393 g/mol. The van der Waals surface area contributed by atoms with Crippen molar-refractivity contribution in [3.05, 3.63) is 28.3 Å². The number of thiazole rings is 1. The Labute approximate surface area is 161 Å². The van der Waals surface area contributed by atoms with Gasteiger partial charge >= 0.3 is 6.09 Å². The second-order valence-corrected chi connectivity index (χ2v) is 8.63. The van der Waals surface area contributed by atoms with Crippen molar-refractivity contribution in [2.45, 2.75) is 39.2 Å². The molecule has 1 aromatic carbocycles. The molecular formula is C18H23N3O5S. The Balaban J connectivity index is 1.58. The van der Waals surface area contributed by atoms with Crippen LogP contribution < -0.4 is 4.74 Å². The highest BCUT2D eigenvalue weighted by atomic mass is 32.1. The number of amides is 1. The van der Waals surface area contributed by atoms with Gasteiger partial charge in [0.15, 0.2) is 0 Å². The predicted octanol–water partition coefficient (Wildman–Crippen LogP) is 4.23. The van der Waals surface area contributed by atoms with Gasteiger partial charge in [-0.05, 0) is 39.7 Å². The van der Waals surface area contributed by atoms with Gasteiger partial charge in [0, 0.05) is 31.1 Å². The zero-order valence-electron chi connectivity index (χ0n) is 15.6. The molecule has 146 valence electrons. The molecule has 2 heterocycles. The molecule has 3 rings (SSSR count). The molecule has 1 fully saturated rings. The first kappa shape index (κ1) is 19.3. The van der Waals surface area contributed by atoms with Crippen LogP contribution in [0.5, 0.6) is 5.19 Å². The molecule has 0 aliphatic carbocycles. The normalized spacial score (nSPS) is 17.7. The lowest BCUT2D eigenvalue weighted by atomic mass is 9.99. The maximum absolute atomic E-state index is 12.2. The van der Waals surface area contributed by atoms with E-state index in [4.69, 9.17) is 9.47 Å². The number of benzene rings is 1. The van der Waals surface area contributed by atoms with Crippen LogP contribution in [0.2, 0.25) is 0 Å². The van der Waals surface area contributed by atoms with Gasteiger partial charge in [-0.25, -0.2) is 9.78 Å². The number of fused-ring (bicyclic) bond motifs is 1. The Morgan fingerprint density at radius 2 is 2.22 bits per heavy atom. The van der Waals surface area contributed by atoms with Gasteiger partial charge in [-0.2, -0.15) is 0 Å². The van der Waals surface area contributed by atoms with Gasteiger partial charge in [0.2, 0.25) is 0 Å². The summed E-state index contributed by atoms with van der Waals surface area (Å²) >= 11 is 1.36. The van der Waals surface area contributed by atoms with Crippen molar-refractivity contribution in [1.82, 2.24) is 9.88 Å². The largest absolute Gasteiger partial charge is 0.470 e. The number of rotatable bonds is 4. The Morgan fingerprint density at radius 3 is 2.93 bits per heavy atom. The van der Waals surface area contributed by atoms with Crippen LogP contribution in [0.15, 0.2) is 18.2 Å². The first-order chi connectivity index (χ1) is 12.7. The molecule has 0 unspecified atom stereocenters. The van der Waals surface area contributed by atoms with Gasteiger partial charge in [0.1, 0.15) is 5.60 Å². The molecule has 1 aromatic heterocycles. The van der Waals surface area contributed by atoms with Crippen LogP contribution in [0.1, 0.15) is 33.6 Å². The summed E-state index contributed by atoms with van der Waals surface area (Å²) in [5, 5.41) is 11.3. The highest BCUT2D eigenvalue weighted by Gasteiger charge is 2.28. The summed E-state index contributed by atoms with van der Waals surface area (Å²) < 4.78 is 12.1. The number of likely N-dealkylation sites (tertiary alicyclic amines) is 1. The Hall–Kier alpha value is -2.42. The molecule has 9 heteroatoms. The number of hydrogen-bond donors (Lipinski definition) is 0. The molecule has 1 saturated heterocycles. The lowest BCUT2D eigenvalue weighted by molar-refractivity contribution is -0.384. The number of nitro groups is 1. The van der Waals surface area contributed by atoms with E-state index in [-0.39, 0.29) is 17.7 Å². The Morgan fingerprint density at radius 1 is 1.44 bits per heavy atom. The van der Waals surface area contributed by atoms with Crippen LogP contribution >= 0.6 is 11.3 Å². The summed E-state index contributed by atoms with van der Waals surface area (Å²) in [6.45, 7) is 7.29. The standard InChI is InChI=1S/C18H23N3O5S/c1-18(2,3)26-17(22)20-8-4-5-12(10-20)11-25-16-19-14-9-13(21(23)24)6-7-15(14)27-16/h6-7,9,12H,4-5,8,10-11H2,1-3H3/t12-/m0/s1. The fourth-order valence-corrected chi connectivity index (χ4v) is 3.76. The van der Waals surface area contributed by atoms with Crippen molar-refractivity contribution < 1.29 is 19.2 Å². The second-order valence-electron chi connectivity index (χ2n) is 7.63. The summed E-state index contributed by atoms with van der Waals surface area (Å²) in [7, 11) is 0. The van der Waals surface area contributed by atoms with Crippen molar-refractivity contribution in [2.75, 3.05) is 19.7 Å². The molecule has 1 amide bonds. The van der Waals surface area contributed by atoms with E-state index >= 15 is 0 Å². The lowest BCUT2D eigenvalue weighted by Crippen LogP contribution is -2.44. The molecule has 1 aliphatic heterocycles. The minimum atomic E-state index is -0.510. The molecule has 0 N–H and O–H groups in total. The van der Waals surface area contributed by atoms with Crippen molar-refractivity contribution in [1.29, 1.82) is 0 Å². The van der Waals surface area contributed by atoms with Gasteiger partial charge in [-0.1, -0.05) is 11.3 Å².